The van der Waals surface area contributed by atoms with Gasteiger partial charge in [0.2, 0.25) is 0 Å². The number of aliphatic hydroxyl groups excluding tert-OH is 1. The van der Waals surface area contributed by atoms with Crippen molar-refractivity contribution in [3.05, 3.63) is 53.6 Å². The number of nitrogens with zero attached hydrogens (tertiary/aromatic N) is 1. The summed E-state index contributed by atoms with van der Waals surface area (Å²) < 4.78 is 10.8. The van der Waals surface area contributed by atoms with Gasteiger partial charge in [0.25, 0.3) is 0 Å². The molecule has 6 nitrogen and oxygen atoms in total. The Morgan fingerprint density at radius 2 is 1.93 bits per heavy atom. The van der Waals surface area contributed by atoms with E-state index >= 15 is 0 Å². The predicted molar refractivity (Wildman–Crippen MR) is 108 cm³/mol. The summed E-state index contributed by atoms with van der Waals surface area (Å²) in [4.78, 5) is 13.9. The van der Waals surface area contributed by atoms with E-state index in [1.165, 1.54) is 5.56 Å². The maximum absolute atomic E-state index is 12.0. The first-order valence-corrected chi connectivity index (χ1v) is 9.89. The molecule has 2 N–H and O–H groups in total. The van der Waals surface area contributed by atoms with Gasteiger partial charge in [0.05, 0.1) is 6.61 Å². The largest absolute Gasteiger partial charge is 0.446 e. The Morgan fingerprint density at radius 3 is 2.68 bits per heavy atom. The van der Waals surface area contributed by atoms with Crippen molar-refractivity contribution < 1.29 is 19.4 Å². The second-order valence-corrected chi connectivity index (χ2v) is 7.21. The maximum atomic E-state index is 12.0. The number of para-hydroxylation sites is 1. The average molecular weight is 382 g/mol. The van der Waals surface area contributed by atoms with Crippen LogP contribution in [-0.4, -0.2) is 36.7 Å². The van der Waals surface area contributed by atoms with Crippen molar-refractivity contribution >= 4 is 23.2 Å². The highest BCUT2D eigenvalue weighted by atomic mass is 16.6. The number of fused-ring (bicyclic) bond motifs is 2. The highest BCUT2D eigenvalue weighted by molar-refractivity contribution is 5.87. The molecule has 1 aliphatic heterocycles. The van der Waals surface area contributed by atoms with Crippen LogP contribution in [0.3, 0.4) is 0 Å². The number of carbonyl (C=O) groups is 1. The summed E-state index contributed by atoms with van der Waals surface area (Å²) in [5.41, 5.74) is 4.79. The Labute approximate surface area is 165 Å². The zero-order chi connectivity index (χ0) is 19.5. The molecule has 1 saturated carbocycles. The molecule has 6 heteroatoms. The van der Waals surface area contributed by atoms with Crippen LogP contribution in [-0.2, 0) is 22.3 Å². The molecule has 0 saturated heterocycles. The second kappa shape index (κ2) is 8.20. The number of amides is 1. The molecule has 4 rings (SSSR count). The minimum absolute atomic E-state index is 0.0530. The van der Waals surface area contributed by atoms with E-state index in [1.54, 1.807) is 0 Å². The van der Waals surface area contributed by atoms with Crippen LogP contribution in [0.1, 0.15) is 30.9 Å². The molecule has 148 valence electrons. The number of ether oxygens (including phenoxy) is 2. The van der Waals surface area contributed by atoms with Crippen LogP contribution >= 0.6 is 0 Å². The highest BCUT2D eigenvalue weighted by Crippen LogP contribution is 2.38. The van der Waals surface area contributed by atoms with Crippen LogP contribution in [0.2, 0.25) is 0 Å². The van der Waals surface area contributed by atoms with Crippen molar-refractivity contribution in [3.63, 3.8) is 0 Å². The van der Waals surface area contributed by atoms with Gasteiger partial charge in [-0.15, -0.1) is 0 Å². The molecule has 0 bridgehead atoms. The van der Waals surface area contributed by atoms with Gasteiger partial charge in [-0.3, -0.25) is 5.32 Å². The van der Waals surface area contributed by atoms with Crippen LogP contribution in [0, 0.1) is 0 Å². The summed E-state index contributed by atoms with van der Waals surface area (Å²) in [5, 5.41) is 13.7. The molecule has 2 aromatic carbocycles. The van der Waals surface area contributed by atoms with Crippen molar-refractivity contribution in [1.29, 1.82) is 0 Å². The van der Waals surface area contributed by atoms with Crippen LogP contribution < -0.4 is 10.2 Å². The quantitative estimate of drug-likeness (QED) is 0.790. The Balaban J connectivity index is 1.67. The summed E-state index contributed by atoms with van der Waals surface area (Å²) in [6.45, 7) is 2.64. The number of nitrogens with one attached hydrogen (secondary N) is 1. The van der Waals surface area contributed by atoms with Gasteiger partial charge in [-0.2, -0.15) is 0 Å². The second-order valence-electron chi connectivity index (χ2n) is 7.21. The van der Waals surface area contributed by atoms with E-state index in [0.717, 1.165) is 42.6 Å². The van der Waals surface area contributed by atoms with Gasteiger partial charge in [0.1, 0.15) is 6.10 Å². The van der Waals surface area contributed by atoms with Crippen molar-refractivity contribution in [1.82, 2.24) is 0 Å². The summed E-state index contributed by atoms with van der Waals surface area (Å²) in [6.07, 6.45) is 2.41. The third kappa shape index (κ3) is 4.13. The van der Waals surface area contributed by atoms with E-state index in [0.29, 0.717) is 12.3 Å². The topological polar surface area (TPSA) is 71.0 Å². The van der Waals surface area contributed by atoms with Crippen LogP contribution in [0.15, 0.2) is 42.5 Å². The maximum Gasteiger partial charge on any atom is 0.411 e. The average Bonchev–Trinajstić information content (AvgIpc) is 3.51. The molecular weight excluding hydrogens is 356 g/mol. The number of rotatable bonds is 6. The van der Waals surface area contributed by atoms with Crippen molar-refractivity contribution in [2.75, 3.05) is 23.4 Å². The number of benzene rings is 2. The van der Waals surface area contributed by atoms with Crippen molar-refractivity contribution in [2.45, 2.75) is 44.9 Å². The van der Waals surface area contributed by atoms with E-state index < -0.39 is 12.3 Å². The standard InChI is InChI=1S/C22H26N2O4/c1-2-27-14-21(25)24-19-6-4-3-5-15(19)7-8-16-9-10-17(13-20(16)24)23-22(26)28-18-11-12-18/h3-6,9-10,13,18,21,25H,2,7-8,11-12,14H2,1H3,(H,23,26). The lowest BCUT2D eigenvalue weighted by molar-refractivity contribution is 0.0462. The van der Waals surface area contributed by atoms with Gasteiger partial charge >= 0.3 is 6.09 Å². The SMILES string of the molecule is CCOCC(O)N1c2ccccc2CCc2ccc(NC(=O)OC3CC3)cc21. The molecule has 0 spiro atoms. The number of anilines is 3. The molecule has 1 atom stereocenters. The summed E-state index contributed by atoms with van der Waals surface area (Å²) in [5.74, 6) is 0. The van der Waals surface area contributed by atoms with Gasteiger partial charge in [-0.05, 0) is 61.9 Å². The van der Waals surface area contributed by atoms with Crippen molar-refractivity contribution in [2.24, 2.45) is 0 Å². The molecule has 1 heterocycles. The molecule has 1 aliphatic carbocycles. The lowest BCUT2D eigenvalue weighted by Gasteiger charge is -2.31. The molecule has 0 radical (unpaired) electrons. The number of hydrogen-bond donors (Lipinski definition) is 2. The van der Waals surface area contributed by atoms with Gasteiger partial charge < -0.3 is 19.5 Å². The molecule has 1 unspecified atom stereocenters. The van der Waals surface area contributed by atoms with E-state index in [4.69, 9.17) is 9.47 Å². The van der Waals surface area contributed by atoms with Gasteiger partial charge in [-0.25, -0.2) is 4.79 Å². The van der Waals surface area contributed by atoms with Crippen LogP contribution in [0.25, 0.3) is 0 Å². The third-order valence-electron chi connectivity index (χ3n) is 5.07. The number of hydrogen-bond acceptors (Lipinski definition) is 5. The molecular formula is C22H26N2O4. The van der Waals surface area contributed by atoms with E-state index in [9.17, 15) is 9.90 Å². The van der Waals surface area contributed by atoms with E-state index in [2.05, 4.69) is 11.4 Å². The smallest absolute Gasteiger partial charge is 0.411 e. The predicted octanol–water partition coefficient (Wildman–Crippen LogP) is 3.99. The fourth-order valence-electron chi connectivity index (χ4n) is 3.54. The molecule has 28 heavy (non-hydrogen) atoms. The van der Waals surface area contributed by atoms with Crippen LogP contribution in [0.5, 0.6) is 0 Å². The third-order valence-corrected chi connectivity index (χ3v) is 5.07. The van der Waals surface area contributed by atoms with E-state index in [-0.39, 0.29) is 12.7 Å². The Morgan fingerprint density at radius 1 is 1.18 bits per heavy atom. The zero-order valence-corrected chi connectivity index (χ0v) is 16.1. The summed E-state index contributed by atoms with van der Waals surface area (Å²) >= 11 is 0. The molecule has 1 fully saturated rings. The highest BCUT2D eigenvalue weighted by Gasteiger charge is 2.28. The lowest BCUT2D eigenvalue weighted by Crippen LogP contribution is -2.35. The normalized spacial score (nSPS) is 16.6. The minimum Gasteiger partial charge on any atom is -0.446 e. The summed E-state index contributed by atoms with van der Waals surface area (Å²) in [7, 11) is 0. The van der Waals surface area contributed by atoms with Crippen molar-refractivity contribution in [3.8, 4) is 0 Å². The summed E-state index contributed by atoms with van der Waals surface area (Å²) in [6, 6.07) is 13.9. The molecule has 2 aliphatic rings. The van der Waals surface area contributed by atoms with Gasteiger partial charge in [-0.1, -0.05) is 24.3 Å². The van der Waals surface area contributed by atoms with Gasteiger partial charge in [0.15, 0.2) is 6.23 Å². The Kier molecular flexibility index (Phi) is 5.50. The molecule has 0 aromatic heterocycles. The number of aliphatic hydroxyl groups is 1. The minimum atomic E-state index is -0.827. The molecule has 1 amide bonds. The van der Waals surface area contributed by atoms with Gasteiger partial charge in [0, 0.05) is 23.7 Å². The van der Waals surface area contributed by atoms with E-state index in [1.807, 2.05) is 48.2 Å². The lowest BCUT2D eigenvalue weighted by atomic mass is 10.0. The van der Waals surface area contributed by atoms with Crippen LogP contribution in [0.4, 0.5) is 21.9 Å². The first kappa shape index (κ1) is 18.8. The molecule has 2 aromatic rings. The fourth-order valence-corrected chi connectivity index (χ4v) is 3.54. The first-order valence-electron chi connectivity index (χ1n) is 9.89. The monoisotopic (exact) mass is 382 g/mol. The fraction of sp³-hybridized carbons (Fsp3) is 0.409. The zero-order valence-electron chi connectivity index (χ0n) is 16.1. The number of carbonyl (C=O) groups excluding carboxylic acids is 1. The number of aryl methyl sites for hydroxylation is 2. The first-order chi connectivity index (χ1) is 13.7. The Bertz CT molecular complexity index is 850. The Hall–Kier alpha value is -2.57.